The lowest BCUT2D eigenvalue weighted by Gasteiger charge is -2.47. The summed E-state index contributed by atoms with van der Waals surface area (Å²) in [6, 6.07) is 8.27. The molecule has 308 valence electrons. The number of aliphatic carboxylic acids is 2. The molecule has 14 nitrogen and oxygen atoms in total. The van der Waals surface area contributed by atoms with Crippen molar-refractivity contribution in [3.05, 3.63) is 42.4 Å². The van der Waals surface area contributed by atoms with Gasteiger partial charge < -0.3 is 30.5 Å². The number of ether oxygens (including phenoxy) is 1. The maximum Gasteiger partial charge on any atom is 0.490 e. The maximum atomic E-state index is 13.7. The number of alkyl halides is 6. The highest BCUT2D eigenvalue weighted by Gasteiger charge is 2.44. The van der Waals surface area contributed by atoms with Crippen molar-refractivity contribution in [2.45, 2.75) is 65.4 Å². The topological polar surface area (TPSA) is 185 Å². The fraction of sp³-hybridized carbons (Fsp3) is 0.556. The molecular weight excluding hydrogens is 754 g/mol. The molecule has 4 N–H and O–H groups in total. The number of nitrogens with zero attached hydrogens (tertiary/aromatic N) is 6. The molecule has 3 aromatic rings. The lowest BCUT2D eigenvalue weighted by Crippen LogP contribution is -2.61. The lowest BCUT2D eigenvalue weighted by atomic mass is 9.76. The molecule has 0 aliphatic carbocycles. The van der Waals surface area contributed by atoms with Crippen LogP contribution in [0.15, 0.2) is 36.8 Å². The minimum absolute atomic E-state index is 0.0406. The number of carbonyl (C=O) groups excluding carboxylic acids is 1. The van der Waals surface area contributed by atoms with Gasteiger partial charge in [-0.15, -0.1) is 0 Å². The van der Waals surface area contributed by atoms with Crippen LogP contribution in [0.3, 0.4) is 0 Å². The summed E-state index contributed by atoms with van der Waals surface area (Å²) in [5, 5.41) is 35.1. The second-order valence-corrected chi connectivity index (χ2v) is 14.4. The van der Waals surface area contributed by atoms with Gasteiger partial charge in [0.2, 0.25) is 5.91 Å². The lowest BCUT2D eigenvalue weighted by molar-refractivity contribution is -0.193. The molecule has 2 aliphatic rings. The SMILES string of the molecule is CCOc1cc(-c2ccc(N3CCC(CN4CCNC(C)(C)C4)(C(=O)NCC(C)C)CC3)nc2)c2c(C#N)cnn2c1.O=C(O)C(F)(F)F.O=C(O)C(F)(F)F. The van der Waals surface area contributed by atoms with Crippen LogP contribution in [0, 0.1) is 22.7 Å². The number of anilines is 1. The first-order valence-corrected chi connectivity index (χ1v) is 17.6. The average molecular weight is 801 g/mol. The molecule has 5 heterocycles. The molecule has 0 saturated carbocycles. The number of amides is 1. The van der Waals surface area contributed by atoms with Crippen molar-refractivity contribution >= 4 is 29.2 Å². The first-order valence-electron chi connectivity index (χ1n) is 17.6. The molecule has 0 bridgehead atoms. The van der Waals surface area contributed by atoms with Gasteiger partial charge in [0, 0.05) is 68.7 Å². The number of hydrogen-bond acceptors (Lipinski definition) is 10. The normalized spacial score (nSPS) is 16.8. The summed E-state index contributed by atoms with van der Waals surface area (Å²) in [5.74, 6) is -3.34. The summed E-state index contributed by atoms with van der Waals surface area (Å²) in [6.45, 7) is 17.0. The summed E-state index contributed by atoms with van der Waals surface area (Å²) in [5.41, 5.74) is 2.61. The number of nitriles is 1. The van der Waals surface area contributed by atoms with Gasteiger partial charge in [0.25, 0.3) is 0 Å². The number of piperazine rings is 1. The summed E-state index contributed by atoms with van der Waals surface area (Å²) < 4.78 is 70.9. The predicted molar refractivity (Wildman–Crippen MR) is 192 cm³/mol. The number of pyridine rings is 2. The molecule has 20 heteroatoms. The number of carbonyl (C=O) groups is 3. The highest BCUT2D eigenvalue weighted by Crippen LogP contribution is 2.36. The van der Waals surface area contributed by atoms with Gasteiger partial charge in [-0.3, -0.25) is 9.69 Å². The van der Waals surface area contributed by atoms with Gasteiger partial charge in [0.1, 0.15) is 17.6 Å². The molecule has 0 aromatic carbocycles. The number of carboxylic acids is 2. The summed E-state index contributed by atoms with van der Waals surface area (Å²) in [7, 11) is 0. The van der Waals surface area contributed by atoms with Crippen molar-refractivity contribution in [1.82, 2.24) is 30.1 Å². The van der Waals surface area contributed by atoms with Gasteiger partial charge in [-0.25, -0.2) is 19.1 Å². The zero-order valence-electron chi connectivity index (χ0n) is 31.6. The Morgan fingerprint density at radius 2 is 1.64 bits per heavy atom. The Bertz CT molecular complexity index is 1830. The Morgan fingerprint density at radius 3 is 2.12 bits per heavy atom. The number of fused-ring (bicyclic) bond motifs is 1. The van der Waals surface area contributed by atoms with E-state index in [9.17, 15) is 36.4 Å². The van der Waals surface area contributed by atoms with E-state index in [0.29, 0.717) is 30.4 Å². The summed E-state index contributed by atoms with van der Waals surface area (Å²) in [4.78, 5) is 41.1. The van der Waals surface area contributed by atoms with E-state index in [1.165, 1.54) is 0 Å². The van der Waals surface area contributed by atoms with Crippen LogP contribution >= 0.6 is 0 Å². The van der Waals surface area contributed by atoms with Crippen molar-refractivity contribution < 1.29 is 55.7 Å². The molecule has 0 atom stereocenters. The molecule has 0 spiro atoms. The van der Waals surface area contributed by atoms with Crippen LogP contribution in [-0.2, 0) is 14.4 Å². The minimum atomic E-state index is -5.08. The molecule has 2 saturated heterocycles. The van der Waals surface area contributed by atoms with E-state index in [1.54, 1.807) is 16.9 Å². The van der Waals surface area contributed by atoms with E-state index < -0.39 is 29.7 Å². The maximum absolute atomic E-state index is 13.7. The number of rotatable bonds is 9. The number of piperidine rings is 1. The molecule has 1 amide bonds. The van der Waals surface area contributed by atoms with E-state index in [1.807, 2.05) is 31.3 Å². The van der Waals surface area contributed by atoms with Gasteiger partial charge >= 0.3 is 24.3 Å². The third-order valence-electron chi connectivity index (χ3n) is 8.94. The van der Waals surface area contributed by atoms with Crippen LogP contribution in [-0.4, -0.2) is 118 Å². The Balaban J connectivity index is 0.000000512. The largest absolute Gasteiger partial charge is 0.492 e. The zero-order valence-corrected chi connectivity index (χ0v) is 31.6. The highest BCUT2D eigenvalue weighted by molar-refractivity contribution is 5.85. The van der Waals surface area contributed by atoms with Crippen LogP contribution in [0.1, 0.15) is 53.0 Å². The smallest absolute Gasteiger partial charge is 0.490 e. The zero-order chi connectivity index (χ0) is 42.1. The average Bonchev–Trinajstić information content (AvgIpc) is 3.53. The number of hydrogen-bond donors (Lipinski definition) is 4. The van der Waals surface area contributed by atoms with Gasteiger partial charge in [-0.1, -0.05) is 13.8 Å². The second kappa shape index (κ2) is 18.7. The molecule has 5 rings (SSSR count). The van der Waals surface area contributed by atoms with E-state index in [-0.39, 0.29) is 11.4 Å². The monoisotopic (exact) mass is 800 g/mol. The third kappa shape index (κ3) is 12.4. The molecule has 2 fully saturated rings. The molecule has 2 aliphatic heterocycles. The van der Waals surface area contributed by atoms with Gasteiger partial charge in [0.15, 0.2) is 0 Å². The Hall–Kier alpha value is -5.16. The number of halogens is 6. The summed E-state index contributed by atoms with van der Waals surface area (Å²) in [6.07, 6.45) is -3.38. The van der Waals surface area contributed by atoms with Crippen LogP contribution in [0.2, 0.25) is 0 Å². The highest BCUT2D eigenvalue weighted by atomic mass is 19.4. The number of carboxylic acid groups (broad SMARTS) is 2. The number of nitrogens with one attached hydrogen (secondary N) is 2. The Kier molecular flexibility index (Phi) is 15.1. The quantitative estimate of drug-likeness (QED) is 0.213. The minimum Gasteiger partial charge on any atom is -0.492 e. The molecule has 3 aromatic heterocycles. The molecule has 0 unspecified atom stereocenters. The first-order chi connectivity index (χ1) is 26.0. The van der Waals surface area contributed by atoms with E-state index in [2.05, 4.69) is 59.3 Å². The third-order valence-corrected chi connectivity index (χ3v) is 8.94. The van der Waals surface area contributed by atoms with Gasteiger partial charge in [0.05, 0.1) is 35.5 Å². The Labute approximate surface area is 319 Å². The van der Waals surface area contributed by atoms with Crippen LogP contribution in [0.25, 0.3) is 16.6 Å². The second-order valence-electron chi connectivity index (χ2n) is 14.4. The van der Waals surface area contributed by atoms with Crippen molar-refractivity contribution in [1.29, 1.82) is 5.26 Å². The van der Waals surface area contributed by atoms with Crippen LogP contribution < -0.4 is 20.3 Å². The van der Waals surface area contributed by atoms with E-state index >= 15 is 0 Å². The van der Waals surface area contributed by atoms with Crippen molar-refractivity contribution in [3.63, 3.8) is 0 Å². The number of aromatic nitrogens is 3. The predicted octanol–water partition coefficient (Wildman–Crippen LogP) is 4.98. The summed E-state index contributed by atoms with van der Waals surface area (Å²) >= 11 is 0. The van der Waals surface area contributed by atoms with E-state index in [4.69, 9.17) is 29.5 Å². The van der Waals surface area contributed by atoms with Gasteiger partial charge in [-0.05, 0) is 57.7 Å². The van der Waals surface area contributed by atoms with Crippen molar-refractivity contribution in [3.8, 4) is 22.9 Å². The molecule has 56 heavy (non-hydrogen) atoms. The fourth-order valence-corrected chi connectivity index (χ4v) is 6.29. The Morgan fingerprint density at radius 1 is 1.04 bits per heavy atom. The molecular formula is C36H46F6N8O6. The van der Waals surface area contributed by atoms with Crippen LogP contribution in [0.4, 0.5) is 32.2 Å². The van der Waals surface area contributed by atoms with Crippen molar-refractivity contribution in [2.75, 3.05) is 57.3 Å². The van der Waals surface area contributed by atoms with Crippen molar-refractivity contribution in [2.24, 2.45) is 11.3 Å². The van der Waals surface area contributed by atoms with E-state index in [0.717, 1.165) is 74.6 Å². The molecule has 0 radical (unpaired) electrons. The fourth-order valence-electron chi connectivity index (χ4n) is 6.29. The van der Waals surface area contributed by atoms with Gasteiger partial charge in [-0.2, -0.15) is 36.7 Å². The first kappa shape index (κ1) is 45.2. The van der Waals surface area contributed by atoms with Crippen LogP contribution in [0.5, 0.6) is 5.75 Å². The standard InChI is InChI=1S/C32H44N8O2.2C2HF3O2/c1-6-42-26-15-27(29-25(16-33)19-37-40(29)20-26)24-7-8-28(34-18-24)39-12-9-32(10-13-39,30(41)35-17-23(2)3)22-38-14-11-36-31(4,5)21-38;2*3-2(4,5)1(6)7/h7-8,15,18-20,23,36H,6,9-14,17,21-22H2,1-5H3,(H,35,41);2*(H,6,7).